The highest BCUT2D eigenvalue weighted by Crippen LogP contribution is 2.16. The molecule has 1 saturated heterocycles. The van der Waals surface area contributed by atoms with Gasteiger partial charge in [-0.05, 0) is 0 Å². The molecule has 1 aromatic rings. The van der Waals surface area contributed by atoms with E-state index in [9.17, 15) is 0 Å². The number of hydrogen-bond donors (Lipinski definition) is 2. The fourth-order valence-electron chi connectivity index (χ4n) is 0.789. The minimum Gasteiger partial charge on any atom is -0.368 e. The van der Waals surface area contributed by atoms with Gasteiger partial charge in [0.05, 0.1) is 0 Å². The number of nitrogens with two attached hydrogens (primary N) is 2. The summed E-state index contributed by atoms with van der Waals surface area (Å²) in [7, 11) is 0. The first-order valence-electron chi connectivity index (χ1n) is 3.28. The molecule has 0 atom stereocenters. The van der Waals surface area contributed by atoms with Crippen LogP contribution in [-0.4, -0.2) is 28.0 Å². The molecule has 2 heterocycles. The topological polar surface area (TPSA) is 93.7 Å². The Kier molecular flexibility index (Phi) is 1.09. The molecule has 0 radical (unpaired) electrons. The average molecular weight is 152 g/mol. The highest BCUT2D eigenvalue weighted by atomic mass is 15.4. The molecule has 1 fully saturated rings. The van der Waals surface area contributed by atoms with Crippen LogP contribution in [0.1, 0.15) is 0 Å². The van der Waals surface area contributed by atoms with E-state index in [-0.39, 0.29) is 11.9 Å². The van der Waals surface area contributed by atoms with Crippen molar-refractivity contribution < 1.29 is 0 Å². The molecule has 11 heavy (non-hydrogen) atoms. The maximum Gasteiger partial charge on any atom is 0.232 e. The smallest absolute Gasteiger partial charge is 0.232 e. The first-order chi connectivity index (χ1) is 5.25. The molecule has 6 nitrogen and oxygen atoms in total. The lowest BCUT2D eigenvalue weighted by molar-refractivity contribution is 1.05. The molecular formula is C5H8N6. The van der Waals surface area contributed by atoms with E-state index in [4.69, 9.17) is 11.5 Å². The molecule has 0 aliphatic carbocycles. The van der Waals surface area contributed by atoms with Crippen molar-refractivity contribution in [2.45, 2.75) is 0 Å². The van der Waals surface area contributed by atoms with Crippen LogP contribution in [0.15, 0.2) is 0 Å². The Labute approximate surface area is 63.3 Å². The van der Waals surface area contributed by atoms with Crippen molar-refractivity contribution in [2.75, 3.05) is 29.5 Å². The van der Waals surface area contributed by atoms with E-state index in [2.05, 4.69) is 15.0 Å². The van der Waals surface area contributed by atoms with Gasteiger partial charge in [-0.2, -0.15) is 15.0 Å². The predicted octanol–water partition coefficient (Wildman–Crippen LogP) is -1.14. The quantitative estimate of drug-likeness (QED) is 0.494. The summed E-state index contributed by atoms with van der Waals surface area (Å²) in [6.07, 6.45) is 0. The van der Waals surface area contributed by atoms with Gasteiger partial charge in [-0.3, -0.25) is 0 Å². The van der Waals surface area contributed by atoms with Gasteiger partial charge in [0.15, 0.2) is 0 Å². The molecule has 58 valence electrons. The summed E-state index contributed by atoms with van der Waals surface area (Å²) >= 11 is 0. The van der Waals surface area contributed by atoms with Crippen LogP contribution in [0.4, 0.5) is 17.8 Å². The van der Waals surface area contributed by atoms with Crippen LogP contribution in [-0.2, 0) is 0 Å². The first kappa shape index (κ1) is 6.14. The molecule has 6 heteroatoms. The Morgan fingerprint density at radius 2 is 1.55 bits per heavy atom. The Morgan fingerprint density at radius 1 is 1.00 bits per heavy atom. The second-order valence-electron chi connectivity index (χ2n) is 2.34. The third-order valence-corrected chi connectivity index (χ3v) is 1.39. The van der Waals surface area contributed by atoms with Crippen LogP contribution in [0.5, 0.6) is 0 Å². The normalized spacial score (nSPS) is 15.1. The highest BCUT2D eigenvalue weighted by Gasteiger charge is 2.21. The molecule has 0 amide bonds. The number of aromatic nitrogens is 3. The predicted molar refractivity (Wildman–Crippen MR) is 40.9 cm³/mol. The molecule has 4 N–H and O–H groups in total. The highest BCUT2D eigenvalue weighted by molar-refractivity contribution is 5.43. The van der Waals surface area contributed by atoms with Gasteiger partial charge in [-0.25, -0.2) is 0 Å². The van der Waals surface area contributed by atoms with E-state index in [0.29, 0.717) is 5.95 Å². The zero-order chi connectivity index (χ0) is 7.84. The first-order valence-corrected chi connectivity index (χ1v) is 3.28. The SMILES string of the molecule is Nc1nc(N)nc(N2CC2)n1. The summed E-state index contributed by atoms with van der Waals surface area (Å²) in [5.41, 5.74) is 10.7. The number of anilines is 3. The fourth-order valence-corrected chi connectivity index (χ4v) is 0.789. The Hall–Kier alpha value is -1.59. The number of nitrogens with zero attached hydrogens (tertiary/aromatic N) is 4. The Morgan fingerprint density at radius 3 is 2.00 bits per heavy atom. The summed E-state index contributed by atoms with van der Waals surface area (Å²) in [5.74, 6) is 0.939. The molecule has 2 rings (SSSR count). The van der Waals surface area contributed by atoms with Crippen molar-refractivity contribution in [3.8, 4) is 0 Å². The second kappa shape index (κ2) is 1.94. The summed E-state index contributed by atoms with van der Waals surface area (Å²) in [6.45, 7) is 1.95. The van der Waals surface area contributed by atoms with Gasteiger partial charge in [0, 0.05) is 13.1 Å². The van der Waals surface area contributed by atoms with E-state index >= 15 is 0 Å². The largest absolute Gasteiger partial charge is 0.368 e. The van der Waals surface area contributed by atoms with E-state index in [1.54, 1.807) is 0 Å². The Balaban J connectivity index is 2.39. The van der Waals surface area contributed by atoms with Gasteiger partial charge in [-0.15, -0.1) is 0 Å². The van der Waals surface area contributed by atoms with Crippen LogP contribution in [0.2, 0.25) is 0 Å². The van der Waals surface area contributed by atoms with Gasteiger partial charge in [0.2, 0.25) is 17.8 Å². The third kappa shape index (κ3) is 1.14. The van der Waals surface area contributed by atoms with Gasteiger partial charge < -0.3 is 16.4 Å². The maximum absolute atomic E-state index is 5.36. The zero-order valence-corrected chi connectivity index (χ0v) is 5.86. The second-order valence-corrected chi connectivity index (χ2v) is 2.34. The van der Waals surface area contributed by atoms with E-state index < -0.39 is 0 Å². The van der Waals surface area contributed by atoms with E-state index in [1.807, 2.05) is 4.90 Å². The van der Waals surface area contributed by atoms with Crippen LogP contribution in [0, 0.1) is 0 Å². The van der Waals surface area contributed by atoms with Crippen LogP contribution >= 0.6 is 0 Å². The minimum atomic E-state index is 0.180. The molecule has 1 aliphatic rings. The molecule has 0 unspecified atom stereocenters. The molecule has 1 aromatic heterocycles. The monoisotopic (exact) mass is 152 g/mol. The number of nitrogen functional groups attached to an aromatic ring is 2. The summed E-state index contributed by atoms with van der Waals surface area (Å²) < 4.78 is 0. The minimum absolute atomic E-state index is 0.180. The number of hydrogen-bond acceptors (Lipinski definition) is 6. The van der Waals surface area contributed by atoms with E-state index in [1.165, 1.54) is 0 Å². The van der Waals surface area contributed by atoms with Crippen molar-refractivity contribution in [3.63, 3.8) is 0 Å². The zero-order valence-electron chi connectivity index (χ0n) is 5.86. The van der Waals surface area contributed by atoms with Gasteiger partial charge in [0.25, 0.3) is 0 Å². The van der Waals surface area contributed by atoms with E-state index in [0.717, 1.165) is 13.1 Å². The van der Waals surface area contributed by atoms with Crippen molar-refractivity contribution >= 4 is 17.8 Å². The standard InChI is InChI=1S/C5H8N6/c6-3-8-4(7)10-5(9-3)11-1-2-11/h1-2H2,(H4,6,7,8,9,10). The molecule has 0 saturated carbocycles. The third-order valence-electron chi connectivity index (χ3n) is 1.39. The Bertz CT molecular complexity index is 260. The lowest BCUT2D eigenvalue weighted by Gasteiger charge is -2.00. The van der Waals surface area contributed by atoms with Crippen molar-refractivity contribution in [2.24, 2.45) is 0 Å². The van der Waals surface area contributed by atoms with Crippen molar-refractivity contribution in [1.29, 1.82) is 0 Å². The summed E-state index contributed by atoms with van der Waals surface area (Å²) in [6, 6.07) is 0. The van der Waals surface area contributed by atoms with Gasteiger partial charge >= 0.3 is 0 Å². The van der Waals surface area contributed by atoms with Crippen molar-refractivity contribution in [3.05, 3.63) is 0 Å². The molecule has 0 bridgehead atoms. The van der Waals surface area contributed by atoms with Crippen LogP contribution in [0.25, 0.3) is 0 Å². The van der Waals surface area contributed by atoms with Gasteiger partial charge in [0.1, 0.15) is 0 Å². The molecule has 0 aromatic carbocycles. The van der Waals surface area contributed by atoms with Gasteiger partial charge in [-0.1, -0.05) is 0 Å². The van der Waals surface area contributed by atoms with Crippen LogP contribution in [0.3, 0.4) is 0 Å². The summed E-state index contributed by atoms with van der Waals surface area (Å²) in [4.78, 5) is 13.4. The maximum atomic E-state index is 5.36. The van der Waals surface area contributed by atoms with Crippen LogP contribution < -0.4 is 16.4 Å². The molecule has 0 spiro atoms. The fraction of sp³-hybridized carbons (Fsp3) is 0.400. The van der Waals surface area contributed by atoms with Crippen molar-refractivity contribution in [1.82, 2.24) is 15.0 Å². The molecule has 1 aliphatic heterocycles. The lowest BCUT2D eigenvalue weighted by atomic mass is 10.8. The molecular weight excluding hydrogens is 144 g/mol. The lowest BCUT2D eigenvalue weighted by Crippen LogP contribution is -2.07. The summed E-state index contributed by atoms with van der Waals surface area (Å²) in [5, 5.41) is 0. The average Bonchev–Trinajstić information content (AvgIpc) is 2.64. The number of rotatable bonds is 1.